The van der Waals surface area contributed by atoms with E-state index in [0.29, 0.717) is 12.5 Å². The molecule has 1 saturated heterocycles. The Morgan fingerprint density at radius 2 is 1.87 bits per heavy atom. The van der Waals surface area contributed by atoms with Crippen molar-refractivity contribution in [2.75, 3.05) is 6.54 Å². The first-order valence-corrected chi connectivity index (χ1v) is 6.22. The van der Waals surface area contributed by atoms with Gasteiger partial charge in [0.05, 0.1) is 5.25 Å². The molecule has 0 aromatic heterocycles. The molecule has 1 aliphatic heterocycles. The molecule has 2 aliphatic rings. The molecule has 0 aromatic rings. The first-order valence-electron chi connectivity index (χ1n) is 5.71. The van der Waals surface area contributed by atoms with Crippen molar-refractivity contribution in [2.45, 2.75) is 43.8 Å². The smallest absolute Gasteiger partial charge is 0.242 e. The number of nitrogens with zero attached hydrogens (tertiary/aromatic N) is 1. The van der Waals surface area contributed by atoms with Crippen LogP contribution in [0.5, 0.6) is 0 Å². The summed E-state index contributed by atoms with van der Waals surface area (Å²) in [6, 6.07) is 0. The zero-order valence-corrected chi connectivity index (χ0v) is 9.71. The van der Waals surface area contributed by atoms with Crippen LogP contribution in [0.2, 0.25) is 0 Å². The molecule has 0 N–H and O–H groups in total. The summed E-state index contributed by atoms with van der Waals surface area (Å²) in [4.78, 5) is 24.6. The molecular formula is C11H17NO2S. The van der Waals surface area contributed by atoms with Crippen molar-refractivity contribution < 1.29 is 9.59 Å². The van der Waals surface area contributed by atoms with Gasteiger partial charge in [-0.05, 0) is 18.8 Å². The Kier molecular flexibility index (Phi) is 3.34. The van der Waals surface area contributed by atoms with Crippen LogP contribution >= 0.6 is 12.6 Å². The molecule has 1 atom stereocenters. The van der Waals surface area contributed by atoms with Crippen molar-refractivity contribution in [1.82, 2.24) is 4.90 Å². The summed E-state index contributed by atoms with van der Waals surface area (Å²) in [7, 11) is 0. The van der Waals surface area contributed by atoms with Crippen LogP contribution in [0.4, 0.5) is 0 Å². The summed E-state index contributed by atoms with van der Waals surface area (Å²) in [6.07, 6.45) is 6.39. The number of carbonyl (C=O) groups excluding carboxylic acids is 2. The van der Waals surface area contributed by atoms with Gasteiger partial charge in [0, 0.05) is 13.0 Å². The van der Waals surface area contributed by atoms with Gasteiger partial charge in [-0.2, -0.15) is 12.6 Å². The van der Waals surface area contributed by atoms with Crippen LogP contribution in [0.3, 0.4) is 0 Å². The molecule has 2 fully saturated rings. The molecule has 2 rings (SSSR count). The molecule has 15 heavy (non-hydrogen) atoms. The van der Waals surface area contributed by atoms with E-state index in [2.05, 4.69) is 12.6 Å². The molecule has 1 heterocycles. The molecule has 0 radical (unpaired) electrons. The Hall–Kier alpha value is -0.510. The molecule has 0 bridgehead atoms. The number of hydrogen-bond acceptors (Lipinski definition) is 3. The highest BCUT2D eigenvalue weighted by Gasteiger charge is 2.37. The van der Waals surface area contributed by atoms with Crippen LogP contribution in [0.1, 0.15) is 38.5 Å². The summed E-state index contributed by atoms with van der Waals surface area (Å²) < 4.78 is 0. The number of imide groups is 1. The summed E-state index contributed by atoms with van der Waals surface area (Å²) in [5, 5.41) is -0.388. The minimum atomic E-state index is -0.388. The zero-order chi connectivity index (χ0) is 10.8. The van der Waals surface area contributed by atoms with Gasteiger partial charge in [0.2, 0.25) is 11.8 Å². The monoisotopic (exact) mass is 227 g/mol. The first kappa shape index (κ1) is 11.0. The van der Waals surface area contributed by atoms with E-state index in [1.54, 1.807) is 0 Å². The average molecular weight is 227 g/mol. The maximum Gasteiger partial charge on any atom is 0.242 e. The molecule has 84 valence electrons. The van der Waals surface area contributed by atoms with E-state index in [-0.39, 0.29) is 23.5 Å². The fourth-order valence-corrected chi connectivity index (χ4v) is 2.78. The topological polar surface area (TPSA) is 37.4 Å². The van der Waals surface area contributed by atoms with Gasteiger partial charge in [0.25, 0.3) is 0 Å². The first-order chi connectivity index (χ1) is 7.18. The number of likely N-dealkylation sites (tertiary alicyclic amines) is 1. The van der Waals surface area contributed by atoms with Crippen molar-refractivity contribution in [3.8, 4) is 0 Å². The highest BCUT2D eigenvalue weighted by atomic mass is 32.1. The number of carbonyl (C=O) groups is 2. The summed E-state index contributed by atoms with van der Waals surface area (Å²) >= 11 is 4.11. The maximum absolute atomic E-state index is 11.6. The van der Waals surface area contributed by atoms with Crippen LogP contribution in [-0.2, 0) is 9.59 Å². The van der Waals surface area contributed by atoms with Crippen LogP contribution in [0.15, 0.2) is 0 Å². The lowest BCUT2D eigenvalue weighted by atomic mass is 9.89. The molecule has 1 aliphatic carbocycles. The quantitative estimate of drug-likeness (QED) is 0.575. The Balaban J connectivity index is 1.93. The van der Waals surface area contributed by atoms with Gasteiger partial charge >= 0.3 is 0 Å². The van der Waals surface area contributed by atoms with Crippen LogP contribution in [0.25, 0.3) is 0 Å². The van der Waals surface area contributed by atoms with Gasteiger partial charge in [0.15, 0.2) is 0 Å². The SMILES string of the molecule is O=C1CC(S)C(=O)N1CC1CCCCC1. The van der Waals surface area contributed by atoms with Gasteiger partial charge in [-0.15, -0.1) is 0 Å². The third kappa shape index (κ3) is 2.36. The number of rotatable bonds is 2. The highest BCUT2D eigenvalue weighted by Crippen LogP contribution is 2.27. The van der Waals surface area contributed by atoms with Crippen LogP contribution in [-0.4, -0.2) is 28.5 Å². The van der Waals surface area contributed by atoms with E-state index in [1.165, 1.54) is 24.2 Å². The average Bonchev–Trinajstić information content (AvgIpc) is 2.47. The predicted molar refractivity (Wildman–Crippen MR) is 60.7 cm³/mol. The molecule has 0 spiro atoms. The Morgan fingerprint density at radius 3 is 2.40 bits per heavy atom. The van der Waals surface area contributed by atoms with Gasteiger partial charge < -0.3 is 0 Å². The van der Waals surface area contributed by atoms with Crippen molar-refractivity contribution in [3.05, 3.63) is 0 Å². The molecule has 3 nitrogen and oxygen atoms in total. The van der Waals surface area contributed by atoms with E-state index >= 15 is 0 Å². The van der Waals surface area contributed by atoms with E-state index in [1.807, 2.05) is 0 Å². The second kappa shape index (κ2) is 4.56. The van der Waals surface area contributed by atoms with Crippen LogP contribution in [0, 0.1) is 5.92 Å². The maximum atomic E-state index is 11.6. The standard InChI is InChI=1S/C11H17NO2S/c13-10-6-9(15)11(14)12(10)7-8-4-2-1-3-5-8/h8-9,15H,1-7H2. The van der Waals surface area contributed by atoms with Crippen LogP contribution < -0.4 is 0 Å². The molecule has 1 unspecified atom stereocenters. The number of amides is 2. The second-order valence-electron chi connectivity index (χ2n) is 4.57. The van der Waals surface area contributed by atoms with Gasteiger partial charge in [-0.3, -0.25) is 14.5 Å². The van der Waals surface area contributed by atoms with E-state index < -0.39 is 0 Å². The third-order valence-electron chi connectivity index (χ3n) is 3.39. The van der Waals surface area contributed by atoms with Crippen molar-refractivity contribution >= 4 is 24.4 Å². The number of thiol groups is 1. The minimum absolute atomic E-state index is 0.0365. The lowest BCUT2D eigenvalue weighted by molar-refractivity contribution is -0.139. The summed E-state index contributed by atoms with van der Waals surface area (Å²) in [5.41, 5.74) is 0. The fourth-order valence-electron chi connectivity index (χ4n) is 2.49. The Morgan fingerprint density at radius 1 is 1.20 bits per heavy atom. The predicted octanol–water partition coefficient (Wildman–Crippen LogP) is 1.62. The zero-order valence-electron chi connectivity index (χ0n) is 8.82. The van der Waals surface area contributed by atoms with E-state index in [4.69, 9.17) is 0 Å². The van der Waals surface area contributed by atoms with Crippen molar-refractivity contribution in [1.29, 1.82) is 0 Å². The molecule has 2 amide bonds. The van der Waals surface area contributed by atoms with Gasteiger partial charge in [0.1, 0.15) is 0 Å². The van der Waals surface area contributed by atoms with Gasteiger partial charge in [-0.25, -0.2) is 0 Å². The Bertz CT molecular complexity index is 274. The molecule has 1 saturated carbocycles. The normalized spacial score (nSPS) is 28.9. The Labute approximate surface area is 95.6 Å². The number of hydrogen-bond donors (Lipinski definition) is 1. The lowest BCUT2D eigenvalue weighted by Gasteiger charge is -2.25. The molecule has 0 aromatic carbocycles. The fraction of sp³-hybridized carbons (Fsp3) is 0.818. The largest absolute Gasteiger partial charge is 0.281 e. The molecular weight excluding hydrogens is 210 g/mol. The summed E-state index contributed by atoms with van der Waals surface area (Å²) in [5.74, 6) is 0.407. The highest BCUT2D eigenvalue weighted by molar-refractivity contribution is 7.81. The van der Waals surface area contributed by atoms with Gasteiger partial charge in [-0.1, -0.05) is 19.3 Å². The van der Waals surface area contributed by atoms with Crippen molar-refractivity contribution in [3.63, 3.8) is 0 Å². The van der Waals surface area contributed by atoms with E-state index in [0.717, 1.165) is 12.8 Å². The van der Waals surface area contributed by atoms with Crippen molar-refractivity contribution in [2.24, 2.45) is 5.92 Å². The summed E-state index contributed by atoms with van der Waals surface area (Å²) in [6.45, 7) is 0.634. The lowest BCUT2D eigenvalue weighted by Crippen LogP contribution is -2.36. The molecule has 4 heteroatoms. The minimum Gasteiger partial charge on any atom is -0.281 e. The second-order valence-corrected chi connectivity index (χ2v) is 5.19. The van der Waals surface area contributed by atoms with E-state index in [9.17, 15) is 9.59 Å². The third-order valence-corrected chi connectivity index (χ3v) is 3.79.